The fourth-order valence-electron chi connectivity index (χ4n) is 2.32. The molecule has 4 nitrogen and oxygen atoms in total. The molecule has 0 bridgehead atoms. The van der Waals surface area contributed by atoms with E-state index in [1.54, 1.807) is 0 Å². The van der Waals surface area contributed by atoms with Gasteiger partial charge < -0.3 is 14.6 Å². The number of amides is 1. The molecule has 1 amide bonds. The number of carbonyl (C=O) groups is 1. The Hall–Kier alpha value is -1.29. The summed E-state index contributed by atoms with van der Waals surface area (Å²) >= 11 is 0. The number of rotatable bonds is 6. The van der Waals surface area contributed by atoms with E-state index in [0.29, 0.717) is 18.9 Å². The van der Waals surface area contributed by atoms with Crippen molar-refractivity contribution < 1.29 is 9.21 Å². The standard InChI is InChI=1S/C14H22N2O2/c1-3-11-7-14(17)16(9-11)10-13-6-5-12(18-13)8-15-4-2/h5-6,11,15H,3-4,7-10H2,1-2H3. The van der Waals surface area contributed by atoms with Crippen LogP contribution in [0.15, 0.2) is 16.5 Å². The molecule has 2 rings (SSSR count). The van der Waals surface area contributed by atoms with E-state index in [1.165, 1.54) is 0 Å². The molecule has 0 spiro atoms. The molecule has 1 unspecified atom stereocenters. The van der Waals surface area contributed by atoms with Gasteiger partial charge in [-0.1, -0.05) is 20.3 Å². The van der Waals surface area contributed by atoms with Crippen LogP contribution in [0.2, 0.25) is 0 Å². The summed E-state index contributed by atoms with van der Waals surface area (Å²) in [5.74, 6) is 2.60. The third-order valence-corrected chi connectivity index (χ3v) is 3.49. The lowest BCUT2D eigenvalue weighted by Crippen LogP contribution is -2.24. The predicted octanol–water partition coefficient (Wildman–Crippen LogP) is 2.15. The number of carbonyl (C=O) groups excluding carboxylic acids is 1. The highest BCUT2D eigenvalue weighted by Crippen LogP contribution is 2.22. The predicted molar refractivity (Wildman–Crippen MR) is 69.9 cm³/mol. The topological polar surface area (TPSA) is 45.5 Å². The van der Waals surface area contributed by atoms with Crippen molar-refractivity contribution in [1.29, 1.82) is 0 Å². The Morgan fingerprint density at radius 2 is 2.17 bits per heavy atom. The molecule has 100 valence electrons. The van der Waals surface area contributed by atoms with Gasteiger partial charge in [-0.3, -0.25) is 4.79 Å². The third kappa shape index (κ3) is 3.13. The highest BCUT2D eigenvalue weighted by atomic mass is 16.3. The summed E-state index contributed by atoms with van der Waals surface area (Å²) in [6.07, 6.45) is 1.77. The van der Waals surface area contributed by atoms with E-state index >= 15 is 0 Å². The number of likely N-dealkylation sites (tertiary alicyclic amines) is 1. The molecule has 0 aliphatic carbocycles. The molecule has 2 heterocycles. The molecular weight excluding hydrogens is 228 g/mol. The van der Waals surface area contributed by atoms with Crippen LogP contribution in [0, 0.1) is 5.92 Å². The summed E-state index contributed by atoms with van der Waals surface area (Å²) in [5.41, 5.74) is 0. The molecule has 0 aromatic carbocycles. The molecule has 1 saturated heterocycles. The van der Waals surface area contributed by atoms with Gasteiger partial charge in [0.2, 0.25) is 5.91 Å². The van der Waals surface area contributed by atoms with Crippen molar-refractivity contribution in [3.63, 3.8) is 0 Å². The summed E-state index contributed by atoms with van der Waals surface area (Å²) in [4.78, 5) is 13.7. The van der Waals surface area contributed by atoms with Crippen molar-refractivity contribution in [2.45, 2.75) is 39.8 Å². The van der Waals surface area contributed by atoms with E-state index in [2.05, 4.69) is 19.2 Å². The van der Waals surface area contributed by atoms with Crippen molar-refractivity contribution in [2.24, 2.45) is 5.92 Å². The van der Waals surface area contributed by atoms with Gasteiger partial charge in [0.05, 0.1) is 13.1 Å². The molecule has 0 saturated carbocycles. The minimum absolute atomic E-state index is 0.256. The Labute approximate surface area is 108 Å². The molecule has 1 N–H and O–H groups in total. The van der Waals surface area contributed by atoms with Gasteiger partial charge in [0.1, 0.15) is 11.5 Å². The molecule has 4 heteroatoms. The maximum atomic E-state index is 11.8. The van der Waals surface area contributed by atoms with Crippen LogP contribution in [0.5, 0.6) is 0 Å². The lowest BCUT2D eigenvalue weighted by Gasteiger charge is -2.14. The zero-order valence-electron chi connectivity index (χ0n) is 11.2. The SMILES string of the molecule is CCNCc1ccc(CN2CC(CC)CC2=O)o1. The normalized spacial score (nSPS) is 19.8. The molecule has 1 aliphatic rings. The Kier molecular flexibility index (Phi) is 4.42. The first-order valence-corrected chi connectivity index (χ1v) is 6.79. The van der Waals surface area contributed by atoms with E-state index in [0.717, 1.165) is 37.6 Å². The molecule has 1 atom stereocenters. The largest absolute Gasteiger partial charge is 0.463 e. The number of nitrogens with zero attached hydrogens (tertiary/aromatic N) is 1. The second-order valence-electron chi connectivity index (χ2n) is 4.90. The summed E-state index contributed by atoms with van der Waals surface area (Å²) < 4.78 is 5.71. The average molecular weight is 250 g/mol. The number of furan rings is 1. The summed E-state index contributed by atoms with van der Waals surface area (Å²) in [6, 6.07) is 3.95. The Bertz CT molecular complexity index is 400. The van der Waals surface area contributed by atoms with Crippen LogP contribution in [0.4, 0.5) is 0 Å². The lowest BCUT2D eigenvalue weighted by atomic mass is 10.1. The first-order chi connectivity index (χ1) is 8.72. The molecular formula is C14H22N2O2. The monoisotopic (exact) mass is 250 g/mol. The van der Waals surface area contributed by atoms with Crippen molar-refractivity contribution in [3.8, 4) is 0 Å². The van der Waals surface area contributed by atoms with Gasteiger partial charge in [-0.15, -0.1) is 0 Å². The summed E-state index contributed by atoms with van der Waals surface area (Å²) in [5, 5.41) is 3.22. The van der Waals surface area contributed by atoms with Crippen LogP contribution in [0.1, 0.15) is 38.2 Å². The van der Waals surface area contributed by atoms with E-state index in [1.807, 2.05) is 17.0 Å². The van der Waals surface area contributed by atoms with Crippen molar-refractivity contribution in [3.05, 3.63) is 23.7 Å². The molecule has 18 heavy (non-hydrogen) atoms. The zero-order chi connectivity index (χ0) is 13.0. The minimum atomic E-state index is 0.256. The average Bonchev–Trinajstić information content (AvgIpc) is 2.95. The van der Waals surface area contributed by atoms with Gasteiger partial charge in [0.15, 0.2) is 0 Å². The Morgan fingerprint density at radius 1 is 1.39 bits per heavy atom. The van der Waals surface area contributed by atoms with Gasteiger partial charge in [-0.25, -0.2) is 0 Å². The Balaban J connectivity index is 1.89. The highest BCUT2D eigenvalue weighted by molar-refractivity contribution is 5.78. The maximum absolute atomic E-state index is 11.8. The van der Waals surface area contributed by atoms with Crippen LogP contribution in [0.25, 0.3) is 0 Å². The number of hydrogen-bond donors (Lipinski definition) is 1. The molecule has 1 aromatic rings. The highest BCUT2D eigenvalue weighted by Gasteiger charge is 2.28. The van der Waals surface area contributed by atoms with E-state index in [-0.39, 0.29) is 5.91 Å². The van der Waals surface area contributed by atoms with Gasteiger partial charge in [0.25, 0.3) is 0 Å². The van der Waals surface area contributed by atoms with Crippen LogP contribution >= 0.6 is 0 Å². The quantitative estimate of drug-likeness (QED) is 0.841. The molecule has 1 aromatic heterocycles. The minimum Gasteiger partial charge on any atom is -0.463 e. The Morgan fingerprint density at radius 3 is 2.83 bits per heavy atom. The van der Waals surface area contributed by atoms with Gasteiger partial charge >= 0.3 is 0 Å². The van der Waals surface area contributed by atoms with Gasteiger partial charge in [0, 0.05) is 13.0 Å². The van der Waals surface area contributed by atoms with Gasteiger partial charge in [-0.2, -0.15) is 0 Å². The summed E-state index contributed by atoms with van der Waals surface area (Å²) in [7, 11) is 0. The lowest BCUT2D eigenvalue weighted by molar-refractivity contribution is -0.128. The smallest absolute Gasteiger partial charge is 0.223 e. The fourth-order valence-corrected chi connectivity index (χ4v) is 2.32. The van der Waals surface area contributed by atoms with Crippen molar-refractivity contribution in [1.82, 2.24) is 10.2 Å². The molecule has 0 radical (unpaired) electrons. The second kappa shape index (κ2) is 6.05. The van der Waals surface area contributed by atoms with Crippen molar-refractivity contribution >= 4 is 5.91 Å². The fraction of sp³-hybridized carbons (Fsp3) is 0.643. The van der Waals surface area contributed by atoms with Crippen LogP contribution in [0.3, 0.4) is 0 Å². The van der Waals surface area contributed by atoms with E-state index in [9.17, 15) is 4.79 Å². The maximum Gasteiger partial charge on any atom is 0.223 e. The van der Waals surface area contributed by atoms with Gasteiger partial charge in [-0.05, 0) is 24.6 Å². The third-order valence-electron chi connectivity index (χ3n) is 3.49. The van der Waals surface area contributed by atoms with Crippen molar-refractivity contribution in [2.75, 3.05) is 13.1 Å². The van der Waals surface area contributed by atoms with Crippen LogP contribution < -0.4 is 5.32 Å². The molecule has 1 aliphatic heterocycles. The zero-order valence-corrected chi connectivity index (χ0v) is 11.2. The first-order valence-electron chi connectivity index (χ1n) is 6.79. The number of nitrogens with one attached hydrogen (secondary N) is 1. The first kappa shape index (κ1) is 13.1. The summed E-state index contributed by atoms with van der Waals surface area (Å²) in [6.45, 7) is 7.38. The van der Waals surface area contributed by atoms with E-state index in [4.69, 9.17) is 4.42 Å². The van der Waals surface area contributed by atoms with E-state index < -0.39 is 0 Å². The molecule has 1 fully saturated rings. The second-order valence-corrected chi connectivity index (χ2v) is 4.90. The number of hydrogen-bond acceptors (Lipinski definition) is 3. The van der Waals surface area contributed by atoms with Crippen LogP contribution in [-0.4, -0.2) is 23.9 Å². The van der Waals surface area contributed by atoms with Crippen LogP contribution in [-0.2, 0) is 17.9 Å².